The summed E-state index contributed by atoms with van der Waals surface area (Å²) in [6.07, 6.45) is 0. The van der Waals surface area contributed by atoms with Gasteiger partial charge in [0.05, 0.1) is 5.25 Å². The third kappa shape index (κ3) is 2.99. The van der Waals surface area contributed by atoms with Crippen molar-refractivity contribution < 1.29 is 8.42 Å². The van der Waals surface area contributed by atoms with Crippen molar-refractivity contribution in [1.29, 1.82) is 0 Å². The van der Waals surface area contributed by atoms with Crippen LogP contribution in [0.4, 0.5) is 5.69 Å². The fraction of sp³-hybridized carbons (Fsp3) is 0.600. The SMILES string of the molecule is Cc1cccc(N2CCN(S(=O)(=O)C(C)C)CC2C)c1. The first kappa shape index (κ1) is 15.3. The van der Waals surface area contributed by atoms with Crippen molar-refractivity contribution >= 4 is 15.7 Å². The molecule has 1 aliphatic rings. The van der Waals surface area contributed by atoms with E-state index >= 15 is 0 Å². The number of nitrogens with zero attached hydrogens (tertiary/aromatic N) is 2. The summed E-state index contributed by atoms with van der Waals surface area (Å²) in [5.41, 5.74) is 2.41. The van der Waals surface area contributed by atoms with E-state index in [0.717, 1.165) is 6.54 Å². The molecule has 1 unspecified atom stereocenters. The Labute approximate surface area is 122 Å². The zero-order chi connectivity index (χ0) is 14.9. The summed E-state index contributed by atoms with van der Waals surface area (Å²) in [6, 6.07) is 8.57. The monoisotopic (exact) mass is 296 g/mol. The van der Waals surface area contributed by atoms with Crippen LogP contribution in [-0.2, 0) is 10.0 Å². The minimum Gasteiger partial charge on any atom is -0.366 e. The molecule has 2 rings (SSSR count). The molecular formula is C15H24N2O2S. The molecule has 1 aromatic carbocycles. The van der Waals surface area contributed by atoms with E-state index in [2.05, 4.69) is 43.0 Å². The van der Waals surface area contributed by atoms with Crippen LogP contribution in [0.15, 0.2) is 24.3 Å². The van der Waals surface area contributed by atoms with Crippen LogP contribution in [0.3, 0.4) is 0 Å². The van der Waals surface area contributed by atoms with Crippen molar-refractivity contribution in [3.05, 3.63) is 29.8 Å². The Morgan fingerprint density at radius 2 is 1.95 bits per heavy atom. The molecule has 112 valence electrons. The third-order valence-corrected chi connectivity index (χ3v) is 6.12. The summed E-state index contributed by atoms with van der Waals surface area (Å²) in [7, 11) is -3.14. The van der Waals surface area contributed by atoms with E-state index in [9.17, 15) is 8.42 Å². The van der Waals surface area contributed by atoms with E-state index in [1.165, 1.54) is 11.3 Å². The smallest absolute Gasteiger partial charge is 0.216 e. The molecule has 1 aromatic rings. The van der Waals surface area contributed by atoms with Crippen LogP contribution in [0.1, 0.15) is 26.3 Å². The highest BCUT2D eigenvalue weighted by atomic mass is 32.2. The van der Waals surface area contributed by atoms with Crippen LogP contribution in [0.2, 0.25) is 0 Å². The molecule has 0 amide bonds. The maximum atomic E-state index is 12.2. The first-order valence-corrected chi connectivity index (χ1v) is 8.65. The standard InChI is InChI=1S/C15H24N2O2S/c1-12(2)20(18,19)16-8-9-17(14(4)11-16)15-7-5-6-13(3)10-15/h5-7,10,12,14H,8-9,11H2,1-4H3. The highest BCUT2D eigenvalue weighted by molar-refractivity contribution is 7.89. The maximum Gasteiger partial charge on any atom is 0.216 e. The second-order valence-corrected chi connectivity index (χ2v) is 8.32. The van der Waals surface area contributed by atoms with Gasteiger partial charge >= 0.3 is 0 Å². The Bertz CT molecular complexity index is 569. The molecule has 1 fully saturated rings. The van der Waals surface area contributed by atoms with Crippen LogP contribution < -0.4 is 4.90 Å². The summed E-state index contributed by atoms with van der Waals surface area (Å²) in [6.45, 7) is 9.53. The average molecular weight is 296 g/mol. The molecule has 1 atom stereocenters. The Morgan fingerprint density at radius 3 is 2.50 bits per heavy atom. The summed E-state index contributed by atoms with van der Waals surface area (Å²) in [4.78, 5) is 2.29. The van der Waals surface area contributed by atoms with Gasteiger partial charge in [0.15, 0.2) is 0 Å². The molecule has 0 aromatic heterocycles. The predicted molar refractivity (Wildman–Crippen MR) is 83.6 cm³/mol. The fourth-order valence-electron chi connectivity index (χ4n) is 2.64. The van der Waals surface area contributed by atoms with Crippen molar-refractivity contribution in [2.24, 2.45) is 0 Å². The third-order valence-electron chi connectivity index (χ3n) is 3.88. The number of hydrogen-bond donors (Lipinski definition) is 0. The lowest BCUT2D eigenvalue weighted by molar-refractivity contribution is 0.340. The van der Waals surface area contributed by atoms with Gasteiger partial charge in [-0.05, 0) is 45.4 Å². The van der Waals surface area contributed by atoms with Gasteiger partial charge in [-0.15, -0.1) is 0 Å². The molecule has 0 N–H and O–H groups in total. The first-order valence-electron chi connectivity index (χ1n) is 7.14. The molecule has 0 aliphatic carbocycles. The number of rotatable bonds is 3. The largest absolute Gasteiger partial charge is 0.366 e. The number of sulfonamides is 1. The number of piperazine rings is 1. The number of anilines is 1. The van der Waals surface area contributed by atoms with Gasteiger partial charge < -0.3 is 4.90 Å². The second kappa shape index (κ2) is 5.74. The van der Waals surface area contributed by atoms with E-state index in [0.29, 0.717) is 13.1 Å². The molecular weight excluding hydrogens is 272 g/mol. The van der Waals surface area contributed by atoms with Gasteiger partial charge in [0.25, 0.3) is 0 Å². The van der Waals surface area contributed by atoms with Crippen molar-refractivity contribution in [1.82, 2.24) is 4.31 Å². The Morgan fingerprint density at radius 1 is 1.25 bits per heavy atom. The van der Waals surface area contributed by atoms with E-state index in [-0.39, 0.29) is 11.3 Å². The van der Waals surface area contributed by atoms with Gasteiger partial charge in [0, 0.05) is 31.4 Å². The molecule has 0 spiro atoms. The summed E-state index contributed by atoms with van der Waals surface area (Å²) in [5, 5.41) is -0.347. The van der Waals surface area contributed by atoms with E-state index < -0.39 is 10.0 Å². The highest BCUT2D eigenvalue weighted by Gasteiger charge is 2.32. The molecule has 20 heavy (non-hydrogen) atoms. The van der Waals surface area contributed by atoms with Gasteiger partial charge in [0.2, 0.25) is 10.0 Å². The Balaban J connectivity index is 2.14. The van der Waals surface area contributed by atoms with Gasteiger partial charge in [-0.3, -0.25) is 0 Å². The highest BCUT2D eigenvalue weighted by Crippen LogP contribution is 2.23. The van der Waals surface area contributed by atoms with E-state index in [1.807, 2.05) is 0 Å². The van der Waals surface area contributed by atoms with Crippen LogP contribution in [-0.4, -0.2) is 43.6 Å². The summed E-state index contributed by atoms with van der Waals surface area (Å²) < 4.78 is 26.1. The van der Waals surface area contributed by atoms with Crippen LogP contribution >= 0.6 is 0 Å². The molecule has 4 nitrogen and oxygen atoms in total. The number of benzene rings is 1. The van der Waals surface area contributed by atoms with Gasteiger partial charge in [-0.1, -0.05) is 12.1 Å². The van der Waals surface area contributed by atoms with Crippen molar-refractivity contribution in [2.45, 2.75) is 39.0 Å². The van der Waals surface area contributed by atoms with E-state index in [4.69, 9.17) is 0 Å². The van der Waals surface area contributed by atoms with Gasteiger partial charge in [-0.2, -0.15) is 4.31 Å². The van der Waals surface area contributed by atoms with Crippen molar-refractivity contribution in [2.75, 3.05) is 24.5 Å². The topological polar surface area (TPSA) is 40.6 Å². The molecule has 0 bridgehead atoms. The quantitative estimate of drug-likeness (QED) is 0.859. The lowest BCUT2D eigenvalue weighted by Gasteiger charge is -2.41. The minimum absolute atomic E-state index is 0.194. The zero-order valence-corrected chi connectivity index (χ0v) is 13.5. The lowest BCUT2D eigenvalue weighted by Crippen LogP contribution is -2.54. The second-order valence-electron chi connectivity index (χ2n) is 5.83. The predicted octanol–water partition coefficient (Wildman–Crippen LogP) is 2.24. The Kier molecular flexibility index (Phi) is 4.39. The fourth-order valence-corrected chi connectivity index (χ4v) is 4.00. The number of aryl methyl sites for hydroxylation is 1. The van der Waals surface area contributed by atoms with Crippen molar-refractivity contribution in [3.63, 3.8) is 0 Å². The molecule has 1 heterocycles. The van der Waals surface area contributed by atoms with Crippen LogP contribution in [0, 0.1) is 6.92 Å². The van der Waals surface area contributed by atoms with Crippen LogP contribution in [0.25, 0.3) is 0 Å². The lowest BCUT2D eigenvalue weighted by atomic mass is 10.1. The molecule has 0 saturated carbocycles. The molecule has 5 heteroatoms. The molecule has 1 saturated heterocycles. The summed E-state index contributed by atoms with van der Waals surface area (Å²) >= 11 is 0. The maximum absolute atomic E-state index is 12.2. The van der Waals surface area contributed by atoms with Crippen molar-refractivity contribution in [3.8, 4) is 0 Å². The Hall–Kier alpha value is -1.07. The van der Waals surface area contributed by atoms with Gasteiger partial charge in [0.1, 0.15) is 0 Å². The molecule has 1 aliphatic heterocycles. The first-order chi connectivity index (χ1) is 9.32. The molecule has 0 radical (unpaired) electrons. The minimum atomic E-state index is -3.14. The van der Waals surface area contributed by atoms with Crippen LogP contribution in [0.5, 0.6) is 0 Å². The normalized spacial score (nSPS) is 21.4. The summed E-state index contributed by atoms with van der Waals surface area (Å²) in [5.74, 6) is 0. The number of hydrogen-bond acceptors (Lipinski definition) is 3. The average Bonchev–Trinajstić information content (AvgIpc) is 2.38. The van der Waals surface area contributed by atoms with Gasteiger partial charge in [-0.25, -0.2) is 8.42 Å². The zero-order valence-electron chi connectivity index (χ0n) is 12.7. The van der Waals surface area contributed by atoms with E-state index in [1.54, 1.807) is 18.2 Å².